The maximum Gasteiger partial charge on any atom is 0.0164 e. The molecule has 1 aliphatic heterocycles. The van der Waals surface area contributed by atoms with E-state index in [4.69, 9.17) is 0 Å². The van der Waals surface area contributed by atoms with Crippen LogP contribution in [0.4, 0.5) is 0 Å². The Morgan fingerprint density at radius 3 is 1.89 bits per heavy atom. The highest BCUT2D eigenvalue weighted by Gasteiger charge is 2.15. The molecule has 1 rings (SSSR count). The number of hydrogen-bond donors (Lipinski definition) is 0. The van der Waals surface area contributed by atoms with Gasteiger partial charge in [-0.25, -0.2) is 0 Å². The van der Waals surface area contributed by atoms with Crippen molar-refractivity contribution in [2.75, 3.05) is 11.5 Å². The van der Waals surface area contributed by atoms with Crippen molar-refractivity contribution in [3.63, 3.8) is 0 Å². The molecule has 1 saturated heterocycles. The molecule has 0 spiro atoms. The smallest absolute Gasteiger partial charge is 0.0164 e. The minimum Gasteiger partial charge on any atom is -0.267 e. The first kappa shape index (κ1) is 7.13. The van der Waals surface area contributed by atoms with Gasteiger partial charge in [-0.15, -0.1) is 0 Å². The van der Waals surface area contributed by atoms with E-state index in [1.165, 1.54) is 12.8 Å². The molecule has 1 heterocycles. The van der Waals surface area contributed by atoms with Crippen LogP contribution in [0.3, 0.4) is 0 Å². The summed E-state index contributed by atoms with van der Waals surface area (Å²) < 4.78 is 11.6. The predicted octanol–water partition coefficient (Wildman–Crippen LogP) is 1.28. The van der Waals surface area contributed by atoms with Gasteiger partial charge in [0.05, 0.1) is 0 Å². The average Bonchev–Trinajstić information content (AvgIpc) is 2.16. The van der Waals surface area contributed by atoms with Crippen LogP contribution in [0.15, 0.2) is 0 Å². The van der Waals surface area contributed by atoms with E-state index in [2.05, 4.69) is 0 Å². The molecule has 0 aromatic carbocycles. The third kappa shape index (κ3) is 1.29. The zero-order chi connectivity index (χ0) is 6.91. The molecule has 0 aromatic heterocycles. The van der Waals surface area contributed by atoms with Gasteiger partial charge in [-0.05, 0) is 41.1 Å². The Bertz CT molecular complexity index is 193. The van der Waals surface area contributed by atoms with Crippen molar-refractivity contribution in [1.82, 2.24) is 0 Å². The fourth-order valence-electron chi connectivity index (χ4n) is 1.18. The normalized spacial score (nSPS) is 24.2. The van der Waals surface area contributed by atoms with Crippen LogP contribution < -0.4 is 0 Å². The van der Waals surface area contributed by atoms with Gasteiger partial charge in [-0.2, -0.15) is 0 Å². The van der Waals surface area contributed by atoms with Gasteiger partial charge in [0.15, 0.2) is 0 Å². The Hall–Kier alpha value is 0.0200. The van der Waals surface area contributed by atoms with Crippen molar-refractivity contribution in [2.45, 2.75) is 26.7 Å². The fraction of sp³-hybridized carbons (Fsp3) is 0.857. The van der Waals surface area contributed by atoms with Crippen molar-refractivity contribution < 1.29 is 4.21 Å². The summed E-state index contributed by atoms with van der Waals surface area (Å²) in [5.41, 5.74) is 0. The summed E-state index contributed by atoms with van der Waals surface area (Å²) >= 11 is 0. The highest BCUT2D eigenvalue weighted by Crippen LogP contribution is 2.12. The first-order chi connectivity index (χ1) is 4.15. The van der Waals surface area contributed by atoms with Crippen molar-refractivity contribution in [1.29, 1.82) is 0 Å². The van der Waals surface area contributed by atoms with Gasteiger partial charge in [0, 0.05) is 11.5 Å². The lowest BCUT2D eigenvalue weighted by Crippen LogP contribution is -2.09. The van der Waals surface area contributed by atoms with Gasteiger partial charge >= 0.3 is 0 Å². The molecular formula is C7H14OS. The molecule has 54 valence electrons. The van der Waals surface area contributed by atoms with Crippen LogP contribution >= 0.6 is 0 Å². The molecule has 0 N–H and O–H groups in total. The molecule has 0 amide bonds. The minimum atomic E-state index is -1.45. The van der Waals surface area contributed by atoms with Gasteiger partial charge in [0.25, 0.3) is 0 Å². The molecule has 0 aromatic rings. The molecule has 0 bridgehead atoms. The molecule has 0 atom stereocenters. The van der Waals surface area contributed by atoms with Crippen molar-refractivity contribution in [2.24, 2.45) is 0 Å². The highest BCUT2D eigenvalue weighted by atomic mass is 32.2. The van der Waals surface area contributed by atoms with Gasteiger partial charge in [-0.3, -0.25) is 4.21 Å². The quantitative estimate of drug-likeness (QED) is 0.470. The van der Waals surface area contributed by atoms with Crippen LogP contribution in [-0.2, 0) is 9.52 Å². The summed E-state index contributed by atoms with van der Waals surface area (Å²) in [6.45, 7) is 3.99. The lowest BCUT2D eigenvalue weighted by molar-refractivity contribution is 0.684. The van der Waals surface area contributed by atoms with Crippen LogP contribution in [-0.4, -0.2) is 20.6 Å². The van der Waals surface area contributed by atoms with E-state index in [1.807, 2.05) is 13.8 Å². The van der Waals surface area contributed by atoms with Crippen LogP contribution in [0.1, 0.15) is 26.7 Å². The molecule has 2 heteroatoms. The van der Waals surface area contributed by atoms with E-state index < -0.39 is 9.52 Å². The van der Waals surface area contributed by atoms with E-state index in [9.17, 15) is 4.21 Å². The lowest BCUT2D eigenvalue weighted by Gasteiger charge is -2.01. The Morgan fingerprint density at radius 1 is 1.22 bits per heavy atom. The van der Waals surface area contributed by atoms with E-state index in [-0.39, 0.29) is 0 Å². The van der Waals surface area contributed by atoms with E-state index in [0.717, 1.165) is 16.4 Å². The first-order valence-corrected chi connectivity index (χ1v) is 5.34. The molecule has 1 fully saturated rings. The summed E-state index contributed by atoms with van der Waals surface area (Å²) in [5.74, 6) is 1.91. The molecule has 1 nitrogen and oxygen atoms in total. The molecule has 0 unspecified atom stereocenters. The Kier molecular flexibility index (Phi) is 1.85. The number of hydrogen-bond acceptors (Lipinski definition) is 1. The minimum absolute atomic E-state index is 0.954. The second-order valence-corrected chi connectivity index (χ2v) is 6.09. The summed E-state index contributed by atoms with van der Waals surface area (Å²) in [4.78, 5) is 1.15. The van der Waals surface area contributed by atoms with Gasteiger partial charge in [0.1, 0.15) is 0 Å². The van der Waals surface area contributed by atoms with Crippen LogP contribution in [0.2, 0.25) is 0 Å². The topological polar surface area (TPSA) is 17.1 Å². The molecular weight excluding hydrogens is 132 g/mol. The average molecular weight is 146 g/mol. The zero-order valence-corrected chi connectivity index (χ0v) is 6.96. The molecule has 9 heavy (non-hydrogen) atoms. The van der Waals surface area contributed by atoms with Crippen molar-refractivity contribution in [3.8, 4) is 0 Å². The number of rotatable bonds is 0. The molecule has 0 saturated carbocycles. The zero-order valence-electron chi connectivity index (χ0n) is 6.14. The molecule has 0 radical (unpaired) electrons. The second-order valence-electron chi connectivity index (χ2n) is 2.84. The second kappa shape index (κ2) is 2.33. The maximum absolute atomic E-state index is 11.6. The van der Waals surface area contributed by atoms with Crippen molar-refractivity contribution in [3.05, 3.63) is 0 Å². The highest BCUT2D eigenvalue weighted by molar-refractivity contribution is 8.02. The summed E-state index contributed by atoms with van der Waals surface area (Å²) in [6.07, 6.45) is 2.34. The van der Waals surface area contributed by atoms with E-state index >= 15 is 0 Å². The Morgan fingerprint density at radius 2 is 1.67 bits per heavy atom. The SMILES string of the molecule is CC(C)=S1(=O)CCCC1. The monoisotopic (exact) mass is 146 g/mol. The third-order valence-electron chi connectivity index (χ3n) is 1.94. The van der Waals surface area contributed by atoms with E-state index in [1.54, 1.807) is 0 Å². The van der Waals surface area contributed by atoms with E-state index in [0.29, 0.717) is 0 Å². The largest absolute Gasteiger partial charge is 0.267 e. The Labute approximate surface area is 57.5 Å². The molecule has 0 aliphatic carbocycles. The molecule has 1 aliphatic rings. The van der Waals surface area contributed by atoms with Crippen LogP contribution in [0.5, 0.6) is 0 Å². The lowest BCUT2D eigenvalue weighted by atomic mass is 10.4. The predicted molar refractivity (Wildman–Crippen MR) is 43.5 cm³/mol. The summed E-state index contributed by atoms with van der Waals surface area (Å²) in [5, 5.41) is 0. The van der Waals surface area contributed by atoms with Gasteiger partial charge < -0.3 is 0 Å². The van der Waals surface area contributed by atoms with Crippen LogP contribution in [0.25, 0.3) is 0 Å². The fourth-order valence-corrected chi connectivity index (χ4v) is 3.54. The summed E-state index contributed by atoms with van der Waals surface area (Å²) in [6, 6.07) is 0. The first-order valence-electron chi connectivity index (χ1n) is 3.45. The van der Waals surface area contributed by atoms with Gasteiger partial charge in [-0.1, -0.05) is 0 Å². The standard InChI is InChI=1S/C7H14OS/c1-7(2)9(8)5-3-4-6-9/h3-6H2,1-2H3. The maximum atomic E-state index is 11.6. The Balaban J connectivity index is 3.00. The summed E-state index contributed by atoms with van der Waals surface area (Å²) in [7, 11) is -1.45. The van der Waals surface area contributed by atoms with Crippen LogP contribution in [0, 0.1) is 0 Å². The van der Waals surface area contributed by atoms with Crippen molar-refractivity contribution >= 4 is 14.4 Å². The third-order valence-corrected chi connectivity index (χ3v) is 5.33. The van der Waals surface area contributed by atoms with Gasteiger partial charge in [0.2, 0.25) is 0 Å².